The minimum absolute atomic E-state index is 0.0175. The molecule has 0 N–H and O–H groups in total. The molecular weight excluding hydrogens is 245 g/mol. The minimum atomic E-state index is -0.558. The number of Topliss-reactive ketones (excluding diaryl/α,β-unsaturated/α-hetero) is 2. The molecule has 1 aromatic carbocycles. The Hall–Kier alpha value is -2.36. The van der Waals surface area contributed by atoms with Crippen molar-refractivity contribution in [2.24, 2.45) is 0 Å². The van der Waals surface area contributed by atoms with Crippen LogP contribution in [-0.2, 0) is 0 Å². The molecule has 0 fully saturated rings. The highest BCUT2D eigenvalue weighted by atomic mass is 19.1. The molecule has 0 aliphatic rings. The maximum absolute atomic E-state index is 13.4. The molecule has 4 heteroatoms. The van der Waals surface area contributed by atoms with Crippen LogP contribution < -0.4 is 0 Å². The number of carbonyl (C=O) groups is 2. The van der Waals surface area contributed by atoms with E-state index in [1.807, 2.05) is 0 Å². The predicted octanol–water partition coefficient (Wildman–Crippen LogP) is 3.07. The van der Waals surface area contributed by atoms with Gasteiger partial charge in [-0.15, -0.1) is 0 Å². The van der Waals surface area contributed by atoms with E-state index in [1.54, 1.807) is 24.3 Å². The van der Waals surface area contributed by atoms with Crippen molar-refractivity contribution in [2.75, 3.05) is 0 Å². The summed E-state index contributed by atoms with van der Waals surface area (Å²) in [5, 5.41) is 0. The van der Waals surface area contributed by atoms with Crippen molar-refractivity contribution in [3.8, 4) is 0 Å². The third-order valence-electron chi connectivity index (χ3n) is 2.70. The van der Waals surface area contributed by atoms with Crippen LogP contribution in [-0.4, -0.2) is 16.6 Å². The summed E-state index contributed by atoms with van der Waals surface area (Å²) in [6.07, 6.45) is 1.53. The van der Waals surface area contributed by atoms with Gasteiger partial charge in [-0.25, -0.2) is 4.39 Å². The fourth-order valence-electron chi connectivity index (χ4n) is 1.70. The normalized spacial score (nSPS) is 10.2. The van der Waals surface area contributed by atoms with Crippen molar-refractivity contribution < 1.29 is 14.0 Å². The number of pyridine rings is 1. The van der Waals surface area contributed by atoms with Gasteiger partial charge < -0.3 is 0 Å². The Morgan fingerprint density at radius 1 is 0.947 bits per heavy atom. The van der Waals surface area contributed by atoms with E-state index >= 15 is 0 Å². The zero-order chi connectivity index (χ0) is 13.7. The van der Waals surface area contributed by atoms with Gasteiger partial charge in [0.05, 0.1) is 5.56 Å². The summed E-state index contributed by atoms with van der Waals surface area (Å²) in [5.41, 5.74) is 0.347. The Balaban J connectivity index is 1.98. The molecule has 2 aromatic rings. The molecule has 2 rings (SSSR count). The topological polar surface area (TPSA) is 47.0 Å². The van der Waals surface area contributed by atoms with Crippen LogP contribution in [0.3, 0.4) is 0 Å². The summed E-state index contributed by atoms with van der Waals surface area (Å²) in [7, 11) is 0. The smallest absolute Gasteiger partial charge is 0.181 e. The molecule has 0 radical (unpaired) electrons. The van der Waals surface area contributed by atoms with Crippen LogP contribution in [0.2, 0.25) is 0 Å². The highest BCUT2D eigenvalue weighted by Crippen LogP contribution is 2.11. The number of nitrogens with zero attached hydrogens (tertiary/aromatic N) is 1. The van der Waals surface area contributed by atoms with E-state index in [0.717, 1.165) is 0 Å². The summed E-state index contributed by atoms with van der Waals surface area (Å²) < 4.78 is 13.4. The van der Waals surface area contributed by atoms with Crippen LogP contribution >= 0.6 is 0 Å². The molecule has 0 aliphatic heterocycles. The molecule has 0 saturated heterocycles. The molecule has 0 saturated carbocycles. The molecule has 0 bridgehead atoms. The Morgan fingerprint density at radius 3 is 2.32 bits per heavy atom. The average Bonchev–Trinajstić information content (AvgIpc) is 2.46. The lowest BCUT2D eigenvalue weighted by Crippen LogP contribution is -2.07. The Kier molecular flexibility index (Phi) is 4.13. The summed E-state index contributed by atoms with van der Waals surface area (Å²) in [5.74, 6) is -1.15. The predicted molar refractivity (Wildman–Crippen MR) is 68.5 cm³/mol. The van der Waals surface area contributed by atoms with E-state index in [9.17, 15) is 14.0 Å². The first kappa shape index (κ1) is 13.1. The Bertz CT molecular complexity index is 596. The lowest BCUT2D eigenvalue weighted by Gasteiger charge is -2.02. The third-order valence-corrected chi connectivity index (χ3v) is 2.70. The number of halogens is 1. The lowest BCUT2D eigenvalue weighted by molar-refractivity contribution is 0.0913. The van der Waals surface area contributed by atoms with Crippen molar-refractivity contribution >= 4 is 11.6 Å². The SMILES string of the molecule is O=C(CCC(=O)c1ccccc1F)c1ccccn1. The first-order valence-electron chi connectivity index (χ1n) is 5.90. The van der Waals surface area contributed by atoms with Crippen LogP contribution in [0.4, 0.5) is 4.39 Å². The van der Waals surface area contributed by atoms with Gasteiger partial charge in [0.2, 0.25) is 0 Å². The number of aromatic nitrogens is 1. The Labute approximate surface area is 110 Å². The highest BCUT2D eigenvalue weighted by molar-refractivity contribution is 6.01. The minimum Gasteiger partial charge on any atom is -0.294 e. The van der Waals surface area contributed by atoms with E-state index in [0.29, 0.717) is 5.69 Å². The number of hydrogen-bond acceptors (Lipinski definition) is 3. The molecule has 3 nitrogen and oxygen atoms in total. The quantitative estimate of drug-likeness (QED) is 0.773. The van der Waals surface area contributed by atoms with Gasteiger partial charge in [0.25, 0.3) is 0 Å². The van der Waals surface area contributed by atoms with Gasteiger partial charge in [0.15, 0.2) is 11.6 Å². The molecule has 0 aliphatic carbocycles. The monoisotopic (exact) mass is 257 g/mol. The summed E-state index contributed by atoms with van der Waals surface area (Å²) >= 11 is 0. The molecule has 1 heterocycles. The van der Waals surface area contributed by atoms with Crippen molar-refractivity contribution in [3.05, 3.63) is 65.7 Å². The van der Waals surface area contributed by atoms with Crippen molar-refractivity contribution in [3.63, 3.8) is 0 Å². The van der Waals surface area contributed by atoms with Gasteiger partial charge in [-0.1, -0.05) is 18.2 Å². The van der Waals surface area contributed by atoms with Crippen LogP contribution in [0.1, 0.15) is 33.7 Å². The van der Waals surface area contributed by atoms with Crippen molar-refractivity contribution in [1.29, 1.82) is 0 Å². The van der Waals surface area contributed by atoms with Gasteiger partial charge in [-0.3, -0.25) is 14.6 Å². The number of hydrogen-bond donors (Lipinski definition) is 0. The van der Waals surface area contributed by atoms with Gasteiger partial charge in [0.1, 0.15) is 11.5 Å². The average molecular weight is 257 g/mol. The molecule has 1 aromatic heterocycles. The van der Waals surface area contributed by atoms with E-state index < -0.39 is 5.82 Å². The van der Waals surface area contributed by atoms with Gasteiger partial charge in [0, 0.05) is 19.0 Å². The number of rotatable bonds is 5. The maximum atomic E-state index is 13.4. The highest BCUT2D eigenvalue weighted by Gasteiger charge is 2.14. The van der Waals surface area contributed by atoms with E-state index in [4.69, 9.17) is 0 Å². The van der Waals surface area contributed by atoms with Crippen LogP contribution in [0.25, 0.3) is 0 Å². The number of benzene rings is 1. The van der Waals surface area contributed by atoms with Gasteiger partial charge in [-0.05, 0) is 24.3 Å². The number of ketones is 2. The second-order valence-electron chi connectivity index (χ2n) is 4.04. The molecule has 0 spiro atoms. The maximum Gasteiger partial charge on any atom is 0.181 e. The van der Waals surface area contributed by atoms with Crippen LogP contribution in [0.5, 0.6) is 0 Å². The molecule has 0 amide bonds. The molecule has 19 heavy (non-hydrogen) atoms. The second kappa shape index (κ2) is 6.00. The lowest BCUT2D eigenvalue weighted by atomic mass is 10.0. The summed E-state index contributed by atoms with van der Waals surface area (Å²) in [6, 6.07) is 10.8. The fraction of sp³-hybridized carbons (Fsp3) is 0.133. The van der Waals surface area contributed by atoms with Gasteiger partial charge in [-0.2, -0.15) is 0 Å². The zero-order valence-electron chi connectivity index (χ0n) is 10.2. The first-order valence-corrected chi connectivity index (χ1v) is 5.90. The van der Waals surface area contributed by atoms with Crippen LogP contribution in [0.15, 0.2) is 48.7 Å². The first-order chi connectivity index (χ1) is 9.18. The zero-order valence-corrected chi connectivity index (χ0v) is 10.2. The summed E-state index contributed by atoms with van der Waals surface area (Å²) in [4.78, 5) is 27.5. The molecule has 0 atom stereocenters. The van der Waals surface area contributed by atoms with Crippen molar-refractivity contribution in [2.45, 2.75) is 12.8 Å². The summed E-state index contributed by atoms with van der Waals surface area (Å²) in [6.45, 7) is 0. The fourth-order valence-corrected chi connectivity index (χ4v) is 1.70. The van der Waals surface area contributed by atoms with Crippen LogP contribution in [0, 0.1) is 5.82 Å². The van der Waals surface area contributed by atoms with Crippen molar-refractivity contribution in [1.82, 2.24) is 4.98 Å². The molecule has 96 valence electrons. The van der Waals surface area contributed by atoms with Gasteiger partial charge >= 0.3 is 0 Å². The second-order valence-corrected chi connectivity index (χ2v) is 4.04. The standard InChI is InChI=1S/C15H12FNO2/c16-12-6-2-1-5-11(12)14(18)8-9-15(19)13-7-3-4-10-17-13/h1-7,10H,8-9H2. The Morgan fingerprint density at radius 2 is 1.63 bits per heavy atom. The van der Waals surface area contributed by atoms with E-state index in [2.05, 4.69) is 4.98 Å². The third kappa shape index (κ3) is 3.31. The molecular formula is C15H12FNO2. The largest absolute Gasteiger partial charge is 0.294 e. The van der Waals surface area contributed by atoms with E-state index in [1.165, 1.54) is 24.4 Å². The van der Waals surface area contributed by atoms with E-state index in [-0.39, 0.29) is 30.0 Å². The molecule has 0 unspecified atom stereocenters. The number of carbonyl (C=O) groups excluding carboxylic acids is 2.